The molecule has 0 saturated carbocycles. The molecule has 1 heterocycles. The van der Waals surface area contributed by atoms with Crippen LogP contribution in [0.2, 0.25) is 0 Å². The van der Waals surface area contributed by atoms with Gasteiger partial charge in [0.2, 0.25) is 0 Å². The molecule has 1 aliphatic heterocycles. The SMILES string of the molecule is C[C@H]1CN/C(=C\C(=O)c2ccc(F)cc2)C(=O)N1. The second-order valence-electron chi connectivity index (χ2n) is 4.18. The predicted molar refractivity (Wildman–Crippen MR) is 64.4 cm³/mol. The molecule has 0 bridgehead atoms. The molecule has 18 heavy (non-hydrogen) atoms. The second-order valence-corrected chi connectivity index (χ2v) is 4.18. The lowest BCUT2D eigenvalue weighted by atomic mass is 10.1. The van der Waals surface area contributed by atoms with E-state index in [4.69, 9.17) is 0 Å². The number of allylic oxidation sites excluding steroid dienone is 1. The van der Waals surface area contributed by atoms with Crippen molar-refractivity contribution in [2.45, 2.75) is 13.0 Å². The number of ketones is 1. The number of carbonyl (C=O) groups is 2. The number of amides is 1. The lowest BCUT2D eigenvalue weighted by Crippen LogP contribution is -2.49. The molecule has 0 radical (unpaired) electrons. The van der Waals surface area contributed by atoms with Gasteiger partial charge in [-0.25, -0.2) is 4.39 Å². The zero-order chi connectivity index (χ0) is 13.1. The van der Waals surface area contributed by atoms with Crippen LogP contribution in [0, 0.1) is 5.82 Å². The number of benzene rings is 1. The van der Waals surface area contributed by atoms with Crippen LogP contribution in [-0.4, -0.2) is 24.3 Å². The van der Waals surface area contributed by atoms with E-state index in [1.165, 1.54) is 30.3 Å². The number of piperazine rings is 1. The Morgan fingerprint density at radius 3 is 2.67 bits per heavy atom. The molecular formula is C13H13FN2O2. The molecule has 0 aliphatic carbocycles. The van der Waals surface area contributed by atoms with E-state index < -0.39 is 5.82 Å². The first-order chi connectivity index (χ1) is 8.56. The van der Waals surface area contributed by atoms with Crippen molar-refractivity contribution in [1.82, 2.24) is 10.6 Å². The van der Waals surface area contributed by atoms with E-state index in [0.29, 0.717) is 12.1 Å². The standard InChI is InChI=1S/C13H13FN2O2/c1-8-7-15-11(13(18)16-8)6-12(17)9-2-4-10(14)5-3-9/h2-6,8,15H,7H2,1H3,(H,16,18)/b11-6-/t8-/m0/s1. The van der Waals surface area contributed by atoms with Gasteiger partial charge in [-0.05, 0) is 31.2 Å². The summed E-state index contributed by atoms with van der Waals surface area (Å²) in [7, 11) is 0. The molecule has 0 aromatic heterocycles. The lowest BCUT2D eigenvalue weighted by molar-refractivity contribution is -0.119. The van der Waals surface area contributed by atoms with Gasteiger partial charge in [0.05, 0.1) is 0 Å². The molecule has 1 atom stereocenters. The minimum Gasteiger partial charge on any atom is -0.378 e. The summed E-state index contributed by atoms with van der Waals surface area (Å²) < 4.78 is 12.7. The summed E-state index contributed by atoms with van der Waals surface area (Å²) in [6, 6.07) is 5.23. The molecule has 0 unspecified atom stereocenters. The molecule has 2 rings (SSSR count). The maximum Gasteiger partial charge on any atom is 0.267 e. The van der Waals surface area contributed by atoms with Gasteiger partial charge in [-0.15, -0.1) is 0 Å². The van der Waals surface area contributed by atoms with Crippen LogP contribution in [0.3, 0.4) is 0 Å². The van der Waals surface area contributed by atoms with E-state index in [1.54, 1.807) is 0 Å². The van der Waals surface area contributed by atoms with Crippen LogP contribution in [0.5, 0.6) is 0 Å². The molecule has 0 spiro atoms. The Kier molecular flexibility index (Phi) is 3.41. The van der Waals surface area contributed by atoms with Gasteiger partial charge in [-0.2, -0.15) is 0 Å². The molecule has 1 fully saturated rings. The van der Waals surface area contributed by atoms with Gasteiger partial charge in [0, 0.05) is 24.2 Å². The zero-order valence-corrected chi connectivity index (χ0v) is 9.87. The number of carbonyl (C=O) groups excluding carboxylic acids is 2. The summed E-state index contributed by atoms with van der Waals surface area (Å²) in [5, 5.41) is 5.60. The van der Waals surface area contributed by atoms with Crippen molar-refractivity contribution in [3.63, 3.8) is 0 Å². The maximum atomic E-state index is 12.7. The Morgan fingerprint density at radius 1 is 1.39 bits per heavy atom. The zero-order valence-electron chi connectivity index (χ0n) is 9.87. The van der Waals surface area contributed by atoms with Crippen molar-refractivity contribution in [3.8, 4) is 0 Å². The topological polar surface area (TPSA) is 58.2 Å². The van der Waals surface area contributed by atoms with Gasteiger partial charge in [-0.3, -0.25) is 9.59 Å². The summed E-state index contributed by atoms with van der Waals surface area (Å²) in [6.07, 6.45) is 1.23. The van der Waals surface area contributed by atoms with Crippen LogP contribution < -0.4 is 10.6 Å². The average Bonchev–Trinajstić information content (AvgIpc) is 2.33. The summed E-state index contributed by atoms with van der Waals surface area (Å²) in [4.78, 5) is 23.4. The van der Waals surface area contributed by atoms with E-state index in [-0.39, 0.29) is 23.4 Å². The number of nitrogens with one attached hydrogen (secondary N) is 2. The minimum atomic E-state index is -0.401. The highest BCUT2D eigenvalue weighted by atomic mass is 19.1. The smallest absolute Gasteiger partial charge is 0.267 e. The van der Waals surface area contributed by atoms with Gasteiger partial charge in [0.15, 0.2) is 5.78 Å². The van der Waals surface area contributed by atoms with E-state index in [0.717, 1.165) is 0 Å². The first kappa shape index (κ1) is 12.3. The van der Waals surface area contributed by atoms with Gasteiger partial charge < -0.3 is 10.6 Å². The average molecular weight is 248 g/mol. The van der Waals surface area contributed by atoms with Crippen LogP contribution in [0.25, 0.3) is 0 Å². The van der Waals surface area contributed by atoms with E-state index in [1.807, 2.05) is 6.92 Å². The fourth-order valence-electron chi connectivity index (χ4n) is 1.64. The number of hydrogen-bond acceptors (Lipinski definition) is 3. The van der Waals surface area contributed by atoms with Crippen LogP contribution in [0.15, 0.2) is 36.0 Å². The highest BCUT2D eigenvalue weighted by Crippen LogP contribution is 2.07. The Labute approximate surface area is 104 Å². The molecule has 4 nitrogen and oxygen atoms in total. The van der Waals surface area contributed by atoms with Crippen molar-refractivity contribution < 1.29 is 14.0 Å². The van der Waals surface area contributed by atoms with Crippen LogP contribution in [0.4, 0.5) is 4.39 Å². The predicted octanol–water partition coefficient (Wildman–Crippen LogP) is 1.00. The Balaban J connectivity index is 2.15. The third-order valence-corrected chi connectivity index (χ3v) is 2.62. The van der Waals surface area contributed by atoms with E-state index >= 15 is 0 Å². The van der Waals surface area contributed by atoms with Crippen molar-refractivity contribution >= 4 is 11.7 Å². The second kappa shape index (κ2) is 5.00. The van der Waals surface area contributed by atoms with Gasteiger partial charge in [0.25, 0.3) is 5.91 Å². The van der Waals surface area contributed by atoms with Crippen LogP contribution in [-0.2, 0) is 4.79 Å². The largest absolute Gasteiger partial charge is 0.378 e. The van der Waals surface area contributed by atoms with Crippen molar-refractivity contribution in [3.05, 3.63) is 47.4 Å². The summed E-state index contributed by atoms with van der Waals surface area (Å²) in [5.41, 5.74) is 0.583. The minimum absolute atomic E-state index is 0.0376. The Bertz CT molecular complexity index is 508. The van der Waals surface area contributed by atoms with Crippen molar-refractivity contribution in [2.75, 3.05) is 6.54 Å². The number of rotatable bonds is 2. The van der Waals surface area contributed by atoms with Gasteiger partial charge in [0.1, 0.15) is 11.5 Å². The van der Waals surface area contributed by atoms with Crippen LogP contribution >= 0.6 is 0 Å². The fourth-order valence-corrected chi connectivity index (χ4v) is 1.64. The molecule has 1 amide bonds. The maximum absolute atomic E-state index is 12.7. The molecular weight excluding hydrogens is 235 g/mol. The Morgan fingerprint density at radius 2 is 2.06 bits per heavy atom. The quantitative estimate of drug-likeness (QED) is 0.606. The number of halogens is 1. The fraction of sp³-hybridized carbons (Fsp3) is 0.231. The van der Waals surface area contributed by atoms with Gasteiger partial charge >= 0.3 is 0 Å². The molecule has 1 aliphatic rings. The summed E-state index contributed by atoms with van der Waals surface area (Å²) in [6.45, 7) is 2.44. The molecule has 2 N–H and O–H groups in total. The molecule has 1 aromatic rings. The third kappa shape index (κ3) is 2.74. The normalized spacial score (nSPS) is 21.3. The first-order valence-corrected chi connectivity index (χ1v) is 5.62. The highest BCUT2D eigenvalue weighted by molar-refractivity contribution is 6.09. The molecule has 1 aromatic carbocycles. The summed E-state index contributed by atoms with van der Waals surface area (Å²) >= 11 is 0. The third-order valence-electron chi connectivity index (χ3n) is 2.62. The van der Waals surface area contributed by atoms with E-state index in [2.05, 4.69) is 10.6 Å². The first-order valence-electron chi connectivity index (χ1n) is 5.62. The number of hydrogen-bond donors (Lipinski definition) is 2. The highest BCUT2D eigenvalue weighted by Gasteiger charge is 2.19. The molecule has 1 saturated heterocycles. The van der Waals surface area contributed by atoms with Crippen LogP contribution in [0.1, 0.15) is 17.3 Å². The summed E-state index contributed by atoms with van der Waals surface area (Å²) in [5.74, 6) is -1.03. The molecule has 94 valence electrons. The Hall–Kier alpha value is -2.17. The van der Waals surface area contributed by atoms with Gasteiger partial charge in [-0.1, -0.05) is 0 Å². The van der Waals surface area contributed by atoms with Crippen molar-refractivity contribution in [2.24, 2.45) is 0 Å². The molecule has 5 heteroatoms. The van der Waals surface area contributed by atoms with E-state index in [9.17, 15) is 14.0 Å². The lowest BCUT2D eigenvalue weighted by Gasteiger charge is -2.23. The monoisotopic (exact) mass is 248 g/mol. The van der Waals surface area contributed by atoms with Crippen molar-refractivity contribution in [1.29, 1.82) is 0 Å².